The van der Waals surface area contributed by atoms with Gasteiger partial charge < -0.3 is 10.0 Å². The number of nitrogens with zero attached hydrogens (tertiary/aromatic N) is 2. The summed E-state index contributed by atoms with van der Waals surface area (Å²) in [4.78, 5) is 22.5. The summed E-state index contributed by atoms with van der Waals surface area (Å²) in [7, 11) is 0. The van der Waals surface area contributed by atoms with Crippen LogP contribution >= 0.6 is 0 Å². The molecular formula is C8H12N2O3. The molecule has 0 saturated heterocycles. The second-order valence-corrected chi connectivity index (χ2v) is 2.81. The third-order valence-electron chi connectivity index (χ3n) is 1.53. The number of carboxylic acids is 1. The van der Waals surface area contributed by atoms with Crippen LogP contribution in [0.4, 0.5) is 0 Å². The zero-order valence-electron chi connectivity index (χ0n) is 7.65. The summed E-state index contributed by atoms with van der Waals surface area (Å²) in [6.45, 7) is 3.58. The lowest BCUT2D eigenvalue weighted by atomic mass is 10.3. The van der Waals surface area contributed by atoms with E-state index in [1.54, 1.807) is 13.8 Å². The number of hydrogen-bond acceptors (Lipinski definition) is 3. The number of hydrogen-bond donors (Lipinski definition) is 1. The summed E-state index contributed by atoms with van der Waals surface area (Å²) in [6, 6.07) is 1.66. The normalized spacial score (nSPS) is 9.38. The van der Waals surface area contributed by atoms with Gasteiger partial charge in [0, 0.05) is 12.6 Å². The Hall–Kier alpha value is -1.57. The van der Waals surface area contributed by atoms with Gasteiger partial charge in [-0.3, -0.25) is 4.79 Å². The first-order valence-corrected chi connectivity index (χ1v) is 3.91. The number of carboxylic acid groups (broad SMARTS) is 1. The lowest BCUT2D eigenvalue weighted by molar-refractivity contribution is -0.156. The lowest BCUT2D eigenvalue weighted by Gasteiger charge is -2.23. The van der Waals surface area contributed by atoms with Crippen LogP contribution in [-0.2, 0) is 9.59 Å². The second-order valence-electron chi connectivity index (χ2n) is 2.81. The van der Waals surface area contributed by atoms with Gasteiger partial charge in [-0.2, -0.15) is 5.26 Å². The van der Waals surface area contributed by atoms with Crippen molar-refractivity contribution in [3.8, 4) is 6.07 Å². The van der Waals surface area contributed by atoms with Gasteiger partial charge in [-0.05, 0) is 13.8 Å². The van der Waals surface area contributed by atoms with Crippen LogP contribution < -0.4 is 0 Å². The van der Waals surface area contributed by atoms with Crippen LogP contribution in [0.25, 0.3) is 0 Å². The van der Waals surface area contributed by atoms with Crippen molar-refractivity contribution in [2.24, 2.45) is 0 Å². The largest absolute Gasteiger partial charge is 0.474 e. The van der Waals surface area contributed by atoms with Gasteiger partial charge in [-0.15, -0.1) is 0 Å². The van der Waals surface area contributed by atoms with Crippen molar-refractivity contribution >= 4 is 11.9 Å². The molecule has 0 unspecified atom stereocenters. The van der Waals surface area contributed by atoms with E-state index >= 15 is 0 Å². The van der Waals surface area contributed by atoms with Crippen molar-refractivity contribution in [1.82, 2.24) is 4.90 Å². The van der Waals surface area contributed by atoms with Gasteiger partial charge in [0.15, 0.2) is 0 Å². The minimum absolute atomic E-state index is 0.150. The number of nitriles is 1. The van der Waals surface area contributed by atoms with Gasteiger partial charge in [0.05, 0.1) is 12.5 Å². The third kappa shape index (κ3) is 3.56. The van der Waals surface area contributed by atoms with E-state index in [2.05, 4.69) is 0 Å². The first-order valence-electron chi connectivity index (χ1n) is 3.91. The number of carbonyl (C=O) groups excluding carboxylic acids is 1. The van der Waals surface area contributed by atoms with Crippen LogP contribution in [0, 0.1) is 11.3 Å². The molecule has 0 aliphatic rings. The molecule has 0 aliphatic carbocycles. The average Bonchev–Trinajstić information content (AvgIpc) is 2.04. The Bertz CT molecular complexity index is 242. The maximum atomic E-state index is 11.0. The van der Waals surface area contributed by atoms with Crippen molar-refractivity contribution in [2.75, 3.05) is 6.54 Å². The molecule has 0 saturated carbocycles. The minimum atomic E-state index is -1.48. The highest BCUT2D eigenvalue weighted by Gasteiger charge is 2.22. The lowest BCUT2D eigenvalue weighted by Crippen LogP contribution is -2.41. The van der Waals surface area contributed by atoms with Crippen LogP contribution in [-0.4, -0.2) is 34.5 Å². The summed E-state index contributed by atoms with van der Waals surface area (Å²) >= 11 is 0. The molecule has 0 aromatic heterocycles. The molecular weight excluding hydrogens is 172 g/mol. The van der Waals surface area contributed by atoms with E-state index in [0.29, 0.717) is 0 Å². The van der Waals surface area contributed by atoms with Crippen molar-refractivity contribution in [3.63, 3.8) is 0 Å². The van der Waals surface area contributed by atoms with Gasteiger partial charge in [-0.1, -0.05) is 0 Å². The first-order chi connectivity index (χ1) is 6.00. The zero-order valence-corrected chi connectivity index (χ0v) is 7.65. The highest BCUT2D eigenvalue weighted by Crippen LogP contribution is 2.00. The minimum Gasteiger partial charge on any atom is -0.474 e. The van der Waals surface area contributed by atoms with E-state index in [9.17, 15) is 9.59 Å². The molecule has 0 heterocycles. The number of amides is 1. The molecule has 0 atom stereocenters. The highest BCUT2D eigenvalue weighted by atomic mass is 16.4. The van der Waals surface area contributed by atoms with E-state index < -0.39 is 11.9 Å². The van der Waals surface area contributed by atoms with Crippen LogP contribution in [0.1, 0.15) is 20.3 Å². The average molecular weight is 184 g/mol. The van der Waals surface area contributed by atoms with Crippen LogP contribution in [0.2, 0.25) is 0 Å². The fourth-order valence-electron chi connectivity index (χ4n) is 0.888. The fraction of sp³-hybridized carbons (Fsp3) is 0.625. The molecule has 0 radical (unpaired) electrons. The molecule has 0 fully saturated rings. The molecule has 0 bridgehead atoms. The van der Waals surface area contributed by atoms with E-state index in [0.717, 1.165) is 4.90 Å². The molecule has 5 nitrogen and oxygen atoms in total. The molecule has 0 rings (SSSR count). The van der Waals surface area contributed by atoms with Crippen LogP contribution in [0.3, 0.4) is 0 Å². The number of aliphatic carboxylic acids is 1. The smallest absolute Gasteiger partial charge is 0.394 e. The highest BCUT2D eigenvalue weighted by molar-refractivity contribution is 6.31. The Labute approximate surface area is 76.6 Å². The standard InChI is InChI=1S/C8H12N2O3/c1-6(2)10(5-3-4-9)7(11)8(12)13/h6H,3,5H2,1-2H3,(H,12,13). The Kier molecular flexibility index (Phi) is 4.52. The Morgan fingerprint density at radius 3 is 2.38 bits per heavy atom. The van der Waals surface area contributed by atoms with Crippen molar-refractivity contribution in [3.05, 3.63) is 0 Å². The topological polar surface area (TPSA) is 81.4 Å². The molecule has 1 amide bonds. The molecule has 0 aromatic carbocycles. The molecule has 13 heavy (non-hydrogen) atoms. The molecule has 0 aromatic rings. The van der Waals surface area contributed by atoms with E-state index in [-0.39, 0.29) is 19.0 Å². The molecule has 5 heteroatoms. The Balaban J connectivity index is 4.35. The van der Waals surface area contributed by atoms with Gasteiger partial charge in [0.2, 0.25) is 0 Å². The van der Waals surface area contributed by atoms with Gasteiger partial charge in [-0.25, -0.2) is 4.79 Å². The molecule has 0 spiro atoms. The Morgan fingerprint density at radius 1 is 1.54 bits per heavy atom. The molecule has 72 valence electrons. The SMILES string of the molecule is CC(C)N(CCC#N)C(=O)C(=O)O. The first kappa shape index (κ1) is 11.4. The maximum Gasteiger partial charge on any atom is 0.394 e. The molecule has 1 N–H and O–H groups in total. The summed E-state index contributed by atoms with van der Waals surface area (Å²) in [5, 5.41) is 16.7. The van der Waals surface area contributed by atoms with Crippen molar-refractivity contribution < 1.29 is 14.7 Å². The number of carbonyl (C=O) groups is 2. The van der Waals surface area contributed by atoms with Crippen molar-refractivity contribution in [1.29, 1.82) is 5.26 Å². The summed E-state index contributed by atoms with van der Waals surface area (Å²) in [5.41, 5.74) is 0. The monoisotopic (exact) mass is 184 g/mol. The predicted molar refractivity (Wildman–Crippen MR) is 44.7 cm³/mol. The summed E-state index contributed by atoms with van der Waals surface area (Å²) in [5.74, 6) is -2.43. The quantitative estimate of drug-likeness (QED) is 0.636. The summed E-state index contributed by atoms with van der Waals surface area (Å²) in [6.07, 6.45) is 0.150. The Morgan fingerprint density at radius 2 is 2.08 bits per heavy atom. The predicted octanol–water partition coefficient (Wildman–Crippen LogP) is 0.222. The fourth-order valence-corrected chi connectivity index (χ4v) is 0.888. The van der Waals surface area contributed by atoms with Gasteiger partial charge >= 0.3 is 11.9 Å². The van der Waals surface area contributed by atoms with Crippen LogP contribution in [0.5, 0.6) is 0 Å². The maximum absolute atomic E-state index is 11.0. The van der Waals surface area contributed by atoms with E-state index in [1.807, 2.05) is 6.07 Å². The van der Waals surface area contributed by atoms with E-state index in [4.69, 9.17) is 10.4 Å². The van der Waals surface area contributed by atoms with Crippen LogP contribution in [0.15, 0.2) is 0 Å². The third-order valence-corrected chi connectivity index (χ3v) is 1.53. The van der Waals surface area contributed by atoms with Crippen molar-refractivity contribution in [2.45, 2.75) is 26.3 Å². The van der Waals surface area contributed by atoms with Gasteiger partial charge in [0.1, 0.15) is 0 Å². The zero-order chi connectivity index (χ0) is 10.4. The van der Waals surface area contributed by atoms with Gasteiger partial charge in [0.25, 0.3) is 0 Å². The van der Waals surface area contributed by atoms with E-state index in [1.165, 1.54) is 0 Å². The summed E-state index contributed by atoms with van der Waals surface area (Å²) < 4.78 is 0. The molecule has 0 aliphatic heterocycles. The second kappa shape index (κ2) is 5.14. The number of rotatable bonds is 3.